The lowest BCUT2D eigenvalue weighted by Crippen LogP contribution is -2.47. The minimum atomic E-state index is -0.774. The zero-order valence-corrected chi connectivity index (χ0v) is 11.5. The molecule has 0 bridgehead atoms. The molecule has 1 heterocycles. The normalized spacial score (nSPS) is 20.4. The second kappa shape index (κ2) is 7.07. The van der Waals surface area contributed by atoms with Gasteiger partial charge in [0.2, 0.25) is 5.91 Å². The van der Waals surface area contributed by atoms with Crippen LogP contribution in [0.4, 0.5) is 0 Å². The fraction of sp³-hybridized carbons (Fsp3) is 0.923. The SMILES string of the molecule is CC(N)CCCC(=O)N(C)CC1(O)CCOCC1. The van der Waals surface area contributed by atoms with Crippen molar-refractivity contribution in [3.05, 3.63) is 0 Å². The number of rotatable bonds is 6. The van der Waals surface area contributed by atoms with E-state index in [9.17, 15) is 9.90 Å². The molecule has 1 aliphatic rings. The molecule has 0 aromatic rings. The van der Waals surface area contributed by atoms with Gasteiger partial charge in [0.1, 0.15) is 0 Å². The number of carbonyl (C=O) groups excluding carboxylic acids is 1. The molecule has 5 heteroatoms. The number of amides is 1. The van der Waals surface area contributed by atoms with Crippen molar-refractivity contribution in [3.63, 3.8) is 0 Å². The van der Waals surface area contributed by atoms with Crippen molar-refractivity contribution >= 4 is 5.91 Å². The lowest BCUT2D eigenvalue weighted by molar-refractivity contribution is -0.136. The number of aliphatic hydroxyl groups is 1. The predicted molar refractivity (Wildman–Crippen MR) is 70.1 cm³/mol. The van der Waals surface area contributed by atoms with Gasteiger partial charge >= 0.3 is 0 Å². The molecule has 0 spiro atoms. The average molecular weight is 258 g/mol. The van der Waals surface area contributed by atoms with Crippen LogP contribution in [0.15, 0.2) is 0 Å². The van der Waals surface area contributed by atoms with Gasteiger partial charge < -0.3 is 20.5 Å². The van der Waals surface area contributed by atoms with Crippen LogP contribution >= 0.6 is 0 Å². The minimum Gasteiger partial charge on any atom is -0.388 e. The van der Waals surface area contributed by atoms with Crippen LogP contribution in [0.2, 0.25) is 0 Å². The van der Waals surface area contributed by atoms with E-state index in [2.05, 4.69) is 0 Å². The largest absolute Gasteiger partial charge is 0.388 e. The molecule has 1 unspecified atom stereocenters. The van der Waals surface area contributed by atoms with Crippen molar-refractivity contribution in [1.82, 2.24) is 4.90 Å². The molecular weight excluding hydrogens is 232 g/mol. The van der Waals surface area contributed by atoms with Crippen LogP contribution in [-0.4, -0.2) is 54.4 Å². The van der Waals surface area contributed by atoms with E-state index in [0.29, 0.717) is 39.0 Å². The summed E-state index contributed by atoms with van der Waals surface area (Å²) in [4.78, 5) is 13.5. The molecule has 1 amide bonds. The number of ether oxygens (including phenoxy) is 1. The molecule has 0 aromatic heterocycles. The maximum Gasteiger partial charge on any atom is 0.222 e. The summed E-state index contributed by atoms with van der Waals surface area (Å²) in [5.41, 5.74) is 4.87. The van der Waals surface area contributed by atoms with Gasteiger partial charge in [-0.15, -0.1) is 0 Å². The molecule has 1 saturated heterocycles. The highest BCUT2D eigenvalue weighted by Crippen LogP contribution is 2.21. The Morgan fingerprint density at radius 3 is 2.67 bits per heavy atom. The van der Waals surface area contributed by atoms with E-state index in [1.54, 1.807) is 11.9 Å². The lowest BCUT2D eigenvalue weighted by Gasteiger charge is -2.35. The first-order chi connectivity index (χ1) is 8.43. The maximum atomic E-state index is 11.9. The highest BCUT2D eigenvalue weighted by molar-refractivity contribution is 5.75. The summed E-state index contributed by atoms with van der Waals surface area (Å²) < 4.78 is 5.22. The first-order valence-electron chi connectivity index (χ1n) is 6.73. The summed E-state index contributed by atoms with van der Waals surface area (Å²) in [5, 5.41) is 10.3. The lowest BCUT2D eigenvalue weighted by atomic mass is 9.94. The van der Waals surface area contributed by atoms with Crippen LogP contribution < -0.4 is 5.73 Å². The number of hydrogen-bond donors (Lipinski definition) is 2. The minimum absolute atomic E-state index is 0.0792. The molecule has 0 saturated carbocycles. The molecule has 1 fully saturated rings. The van der Waals surface area contributed by atoms with Gasteiger partial charge in [-0.25, -0.2) is 0 Å². The second-order valence-corrected chi connectivity index (χ2v) is 5.46. The summed E-state index contributed by atoms with van der Waals surface area (Å²) in [6.07, 6.45) is 3.37. The Labute approximate surface area is 109 Å². The summed E-state index contributed by atoms with van der Waals surface area (Å²) >= 11 is 0. The van der Waals surface area contributed by atoms with Gasteiger partial charge in [-0.1, -0.05) is 0 Å². The Morgan fingerprint density at radius 1 is 1.50 bits per heavy atom. The standard InChI is InChI=1S/C13H26N2O3/c1-11(14)4-3-5-12(16)15(2)10-13(17)6-8-18-9-7-13/h11,17H,3-10,14H2,1-2H3. The van der Waals surface area contributed by atoms with Crippen LogP contribution in [0.3, 0.4) is 0 Å². The fourth-order valence-electron chi connectivity index (χ4n) is 2.21. The monoisotopic (exact) mass is 258 g/mol. The number of likely N-dealkylation sites (N-methyl/N-ethyl adjacent to an activating group) is 1. The molecule has 1 atom stereocenters. The molecule has 5 nitrogen and oxygen atoms in total. The van der Waals surface area contributed by atoms with E-state index < -0.39 is 5.60 Å². The van der Waals surface area contributed by atoms with Gasteiger partial charge in [0.15, 0.2) is 0 Å². The predicted octanol–water partition coefficient (Wildman–Crippen LogP) is 0.504. The smallest absolute Gasteiger partial charge is 0.222 e. The van der Waals surface area contributed by atoms with Gasteiger partial charge in [-0.2, -0.15) is 0 Å². The van der Waals surface area contributed by atoms with Gasteiger partial charge in [0, 0.05) is 52.1 Å². The summed E-state index contributed by atoms with van der Waals surface area (Å²) in [6, 6.07) is 0.141. The van der Waals surface area contributed by atoms with Crippen LogP contribution in [0.5, 0.6) is 0 Å². The molecule has 1 rings (SSSR count). The van der Waals surface area contributed by atoms with Gasteiger partial charge in [-0.05, 0) is 19.8 Å². The third-order valence-electron chi connectivity index (χ3n) is 3.43. The highest BCUT2D eigenvalue weighted by Gasteiger charge is 2.32. The quantitative estimate of drug-likeness (QED) is 0.727. The Bertz CT molecular complexity index is 263. The van der Waals surface area contributed by atoms with Crippen LogP contribution in [0.1, 0.15) is 39.0 Å². The van der Waals surface area contributed by atoms with E-state index in [0.717, 1.165) is 12.8 Å². The Hall–Kier alpha value is -0.650. The van der Waals surface area contributed by atoms with Crippen molar-refractivity contribution in [1.29, 1.82) is 0 Å². The van der Waals surface area contributed by atoms with Crippen molar-refractivity contribution in [2.45, 2.75) is 50.7 Å². The van der Waals surface area contributed by atoms with Crippen molar-refractivity contribution in [2.75, 3.05) is 26.8 Å². The summed E-state index contributed by atoms with van der Waals surface area (Å²) in [5.74, 6) is 0.0792. The first-order valence-corrected chi connectivity index (χ1v) is 6.73. The zero-order chi connectivity index (χ0) is 13.6. The Balaban J connectivity index is 2.30. The molecule has 106 valence electrons. The van der Waals surface area contributed by atoms with Crippen LogP contribution in [0, 0.1) is 0 Å². The van der Waals surface area contributed by atoms with Crippen LogP contribution in [-0.2, 0) is 9.53 Å². The molecule has 0 radical (unpaired) electrons. The summed E-state index contributed by atoms with van der Waals surface area (Å²) in [7, 11) is 1.75. The first kappa shape index (κ1) is 15.4. The van der Waals surface area contributed by atoms with E-state index in [4.69, 9.17) is 10.5 Å². The van der Waals surface area contributed by atoms with Gasteiger partial charge in [-0.3, -0.25) is 4.79 Å². The molecule has 1 aliphatic heterocycles. The van der Waals surface area contributed by atoms with Crippen LogP contribution in [0.25, 0.3) is 0 Å². The topological polar surface area (TPSA) is 75.8 Å². The number of carbonyl (C=O) groups is 1. The van der Waals surface area contributed by atoms with Gasteiger partial charge in [0.25, 0.3) is 0 Å². The molecule has 18 heavy (non-hydrogen) atoms. The molecule has 0 aliphatic carbocycles. The third kappa shape index (κ3) is 5.33. The Kier molecular flexibility index (Phi) is 6.05. The molecule has 3 N–H and O–H groups in total. The van der Waals surface area contributed by atoms with E-state index >= 15 is 0 Å². The zero-order valence-electron chi connectivity index (χ0n) is 11.5. The third-order valence-corrected chi connectivity index (χ3v) is 3.43. The second-order valence-electron chi connectivity index (χ2n) is 5.46. The molecular formula is C13H26N2O3. The van der Waals surface area contributed by atoms with E-state index in [1.165, 1.54) is 0 Å². The van der Waals surface area contributed by atoms with Crippen molar-refractivity contribution in [2.24, 2.45) is 5.73 Å². The number of nitrogens with two attached hydrogens (primary N) is 1. The average Bonchev–Trinajstić information content (AvgIpc) is 2.28. The van der Waals surface area contributed by atoms with Gasteiger partial charge in [0.05, 0.1) is 5.60 Å². The van der Waals surface area contributed by atoms with Crippen molar-refractivity contribution < 1.29 is 14.6 Å². The fourth-order valence-corrected chi connectivity index (χ4v) is 2.21. The maximum absolute atomic E-state index is 11.9. The molecule has 0 aromatic carbocycles. The Morgan fingerprint density at radius 2 is 2.11 bits per heavy atom. The highest BCUT2D eigenvalue weighted by atomic mass is 16.5. The van der Waals surface area contributed by atoms with Crippen molar-refractivity contribution in [3.8, 4) is 0 Å². The summed E-state index contributed by atoms with van der Waals surface area (Å²) in [6.45, 7) is 3.48. The van der Waals surface area contributed by atoms with E-state index in [1.807, 2.05) is 6.92 Å². The van der Waals surface area contributed by atoms with E-state index in [-0.39, 0.29) is 11.9 Å². The number of hydrogen-bond acceptors (Lipinski definition) is 4. The number of nitrogens with zero attached hydrogens (tertiary/aromatic N) is 1.